The zero-order valence-corrected chi connectivity index (χ0v) is 11.3. The summed E-state index contributed by atoms with van der Waals surface area (Å²) in [5.41, 5.74) is 1.49. The van der Waals surface area contributed by atoms with Crippen molar-refractivity contribution in [2.75, 3.05) is 11.4 Å². The summed E-state index contributed by atoms with van der Waals surface area (Å²) < 4.78 is 0. The number of nitriles is 1. The average molecular weight is 263 g/mol. The first-order valence-corrected chi connectivity index (χ1v) is 6.31. The third kappa shape index (κ3) is 2.49. The highest BCUT2D eigenvalue weighted by molar-refractivity contribution is 6.31. The fourth-order valence-corrected chi connectivity index (χ4v) is 2.19. The normalized spacial score (nSPS) is 14.6. The minimum Gasteiger partial charge on any atom is -0.312 e. The van der Waals surface area contributed by atoms with Crippen LogP contribution in [0, 0.1) is 16.7 Å². The lowest BCUT2D eigenvalue weighted by atomic mass is 9.91. The molecule has 0 spiro atoms. The third-order valence-corrected chi connectivity index (χ3v) is 3.48. The molecule has 0 radical (unpaired) electrons. The van der Waals surface area contributed by atoms with Gasteiger partial charge in [-0.05, 0) is 38.0 Å². The van der Waals surface area contributed by atoms with Crippen LogP contribution in [0.5, 0.6) is 0 Å². The summed E-state index contributed by atoms with van der Waals surface area (Å²) in [6, 6.07) is 7.77. The van der Waals surface area contributed by atoms with E-state index in [0.717, 1.165) is 11.3 Å². The van der Waals surface area contributed by atoms with Gasteiger partial charge in [0.15, 0.2) is 0 Å². The Morgan fingerprint density at radius 2 is 2.22 bits per heavy atom. The van der Waals surface area contributed by atoms with E-state index in [1.54, 1.807) is 11.0 Å². The molecule has 0 saturated heterocycles. The molecule has 0 unspecified atom stereocenters. The smallest absolute Gasteiger partial charge is 0.231 e. The standard InChI is InChI=1S/C14H15ClN2O/c1-14(2,9-16)5-6-17-12-8-11(15)4-3-10(12)7-13(17)18/h3-4,8H,5-7H2,1-2H3. The van der Waals surface area contributed by atoms with Gasteiger partial charge in [-0.15, -0.1) is 0 Å². The van der Waals surface area contributed by atoms with Gasteiger partial charge < -0.3 is 4.90 Å². The average Bonchev–Trinajstić information content (AvgIpc) is 2.62. The Balaban J connectivity index is 2.18. The molecular formula is C14H15ClN2O. The fourth-order valence-electron chi connectivity index (χ4n) is 2.02. The Kier molecular flexibility index (Phi) is 3.32. The molecule has 1 aromatic carbocycles. The molecule has 0 bridgehead atoms. The molecule has 0 N–H and O–H groups in total. The molecule has 1 aliphatic rings. The lowest BCUT2D eigenvalue weighted by Gasteiger charge is -2.22. The predicted octanol–water partition coefficient (Wildman–Crippen LogP) is 3.17. The first-order chi connectivity index (χ1) is 8.43. The minimum absolute atomic E-state index is 0.0843. The number of amides is 1. The van der Waals surface area contributed by atoms with E-state index in [-0.39, 0.29) is 5.91 Å². The summed E-state index contributed by atoms with van der Waals surface area (Å²) in [5.74, 6) is 0.0843. The molecule has 1 aliphatic heterocycles. The lowest BCUT2D eigenvalue weighted by molar-refractivity contribution is -0.117. The van der Waals surface area contributed by atoms with Crippen molar-refractivity contribution in [2.24, 2.45) is 5.41 Å². The van der Waals surface area contributed by atoms with Crippen LogP contribution in [0.3, 0.4) is 0 Å². The number of carbonyl (C=O) groups is 1. The molecule has 18 heavy (non-hydrogen) atoms. The molecule has 0 atom stereocenters. The fraction of sp³-hybridized carbons (Fsp3) is 0.429. The maximum atomic E-state index is 11.9. The highest BCUT2D eigenvalue weighted by Crippen LogP contribution is 2.32. The first kappa shape index (κ1) is 12.9. The largest absolute Gasteiger partial charge is 0.312 e. The van der Waals surface area contributed by atoms with Gasteiger partial charge in [-0.3, -0.25) is 4.79 Å². The van der Waals surface area contributed by atoms with Crippen LogP contribution in [-0.4, -0.2) is 12.5 Å². The molecule has 0 aromatic heterocycles. The van der Waals surface area contributed by atoms with Gasteiger partial charge in [0, 0.05) is 17.3 Å². The Morgan fingerprint density at radius 1 is 1.50 bits per heavy atom. The van der Waals surface area contributed by atoms with Crippen molar-refractivity contribution >= 4 is 23.2 Å². The molecule has 2 rings (SSSR count). The van der Waals surface area contributed by atoms with E-state index in [9.17, 15) is 4.79 Å². The van der Waals surface area contributed by atoms with Gasteiger partial charge in [-0.2, -0.15) is 5.26 Å². The van der Waals surface area contributed by atoms with Crippen molar-refractivity contribution in [2.45, 2.75) is 26.7 Å². The van der Waals surface area contributed by atoms with E-state index in [2.05, 4.69) is 6.07 Å². The zero-order valence-electron chi connectivity index (χ0n) is 10.5. The summed E-state index contributed by atoms with van der Waals surface area (Å²) in [6.45, 7) is 4.32. The Hall–Kier alpha value is -1.53. The van der Waals surface area contributed by atoms with E-state index in [4.69, 9.17) is 16.9 Å². The van der Waals surface area contributed by atoms with Crippen LogP contribution in [0.1, 0.15) is 25.8 Å². The van der Waals surface area contributed by atoms with Gasteiger partial charge in [0.25, 0.3) is 0 Å². The maximum Gasteiger partial charge on any atom is 0.231 e. The van der Waals surface area contributed by atoms with Crippen molar-refractivity contribution in [1.82, 2.24) is 0 Å². The van der Waals surface area contributed by atoms with E-state index in [1.807, 2.05) is 26.0 Å². The molecule has 1 aromatic rings. The summed E-state index contributed by atoms with van der Waals surface area (Å²) in [5, 5.41) is 9.63. The van der Waals surface area contributed by atoms with Crippen molar-refractivity contribution in [3.63, 3.8) is 0 Å². The van der Waals surface area contributed by atoms with Crippen LogP contribution in [0.2, 0.25) is 5.02 Å². The molecule has 3 nitrogen and oxygen atoms in total. The summed E-state index contributed by atoms with van der Waals surface area (Å²) in [4.78, 5) is 13.7. The number of hydrogen-bond donors (Lipinski definition) is 0. The van der Waals surface area contributed by atoms with Crippen molar-refractivity contribution in [3.8, 4) is 6.07 Å². The van der Waals surface area contributed by atoms with E-state index < -0.39 is 5.41 Å². The Labute approximate surface area is 112 Å². The Bertz CT molecular complexity index is 531. The quantitative estimate of drug-likeness (QED) is 0.840. The van der Waals surface area contributed by atoms with E-state index in [0.29, 0.717) is 24.4 Å². The van der Waals surface area contributed by atoms with Gasteiger partial charge in [0.2, 0.25) is 5.91 Å². The predicted molar refractivity (Wildman–Crippen MR) is 71.5 cm³/mol. The van der Waals surface area contributed by atoms with Crippen molar-refractivity contribution in [3.05, 3.63) is 28.8 Å². The molecule has 1 amide bonds. The van der Waals surface area contributed by atoms with Gasteiger partial charge in [-0.1, -0.05) is 17.7 Å². The van der Waals surface area contributed by atoms with Gasteiger partial charge in [-0.25, -0.2) is 0 Å². The molecule has 1 heterocycles. The number of anilines is 1. The third-order valence-electron chi connectivity index (χ3n) is 3.24. The monoisotopic (exact) mass is 262 g/mol. The van der Waals surface area contributed by atoms with Crippen LogP contribution < -0.4 is 4.90 Å². The van der Waals surface area contributed by atoms with Crippen molar-refractivity contribution in [1.29, 1.82) is 5.26 Å². The molecule has 0 aliphatic carbocycles. The van der Waals surface area contributed by atoms with Crippen LogP contribution >= 0.6 is 11.6 Å². The molecule has 4 heteroatoms. The highest BCUT2D eigenvalue weighted by Gasteiger charge is 2.29. The van der Waals surface area contributed by atoms with E-state index >= 15 is 0 Å². The number of halogens is 1. The maximum absolute atomic E-state index is 11.9. The number of hydrogen-bond acceptors (Lipinski definition) is 2. The molecule has 0 saturated carbocycles. The molecular weight excluding hydrogens is 248 g/mol. The van der Waals surface area contributed by atoms with Gasteiger partial charge in [0.05, 0.1) is 17.9 Å². The lowest BCUT2D eigenvalue weighted by Crippen LogP contribution is -2.30. The SMILES string of the molecule is CC(C)(C#N)CCN1C(=O)Cc2ccc(Cl)cc21. The number of rotatable bonds is 3. The zero-order chi connectivity index (χ0) is 13.3. The summed E-state index contributed by atoms with van der Waals surface area (Å²) >= 11 is 5.96. The second-order valence-electron chi connectivity index (χ2n) is 5.24. The second-order valence-corrected chi connectivity index (χ2v) is 5.68. The number of carbonyl (C=O) groups excluding carboxylic acids is 1. The van der Waals surface area contributed by atoms with Crippen LogP contribution in [0.25, 0.3) is 0 Å². The van der Waals surface area contributed by atoms with E-state index in [1.165, 1.54) is 0 Å². The number of fused-ring (bicyclic) bond motifs is 1. The van der Waals surface area contributed by atoms with Gasteiger partial charge >= 0.3 is 0 Å². The van der Waals surface area contributed by atoms with Crippen LogP contribution in [0.4, 0.5) is 5.69 Å². The Morgan fingerprint density at radius 3 is 2.89 bits per heavy atom. The van der Waals surface area contributed by atoms with Crippen LogP contribution in [-0.2, 0) is 11.2 Å². The number of benzene rings is 1. The van der Waals surface area contributed by atoms with Crippen LogP contribution in [0.15, 0.2) is 18.2 Å². The second kappa shape index (κ2) is 4.62. The molecule has 94 valence electrons. The minimum atomic E-state index is -0.415. The summed E-state index contributed by atoms with van der Waals surface area (Å²) in [7, 11) is 0. The van der Waals surface area contributed by atoms with Crippen molar-refractivity contribution < 1.29 is 4.79 Å². The van der Waals surface area contributed by atoms with Gasteiger partial charge in [0.1, 0.15) is 0 Å². The molecule has 0 fully saturated rings. The first-order valence-electron chi connectivity index (χ1n) is 5.93. The topological polar surface area (TPSA) is 44.1 Å². The highest BCUT2D eigenvalue weighted by atomic mass is 35.5. The number of nitrogens with zero attached hydrogens (tertiary/aromatic N) is 2. The summed E-state index contributed by atoms with van der Waals surface area (Å²) in [6.07, 6.45) is 1.08.